The van der Waals surface area contributed by atoms with Gasteiger partial charge in [-0.15, -0.1) is 0 Å². The number of anilines is 1. The highest BCUT2D eigenvalue weighted by Gasteiger charge is 2.20. The van der Waals surface area contributed by atoms with Crippen molar-refractivity contribution in [3.63, 3.8) is 0 Å². The molecule has 0 aliphatic rings. The van der Waals surface area contributed by atoms with Crippen LogP contribution < -0.4 is 19.7 Å². The largest absolute Gasteiger partial charge is 0.497 e. The molecule has 0 aliphatic carbocycles. The first-order chi connectivity index (χ1) is 12.5. The molecule has 0 heterocycles. The van der Waals surface area contributed by atoms with Crippen molar-refractivity contribution >= 4 is 17.5 Å². The summed E-state index contributed by atoms with van der Waals surface area (Å²) in [6.45, 7) is 3.73. The average molecular weight is 356 g/mol. The number of carbonyl (C=O) groups is 2. The van der Waals surface area contributed by atoms with E-state index in [2.05, 4.69) is 5.32 Å². The molecule has 2 aromatic carbocycles. The smallest absolute Gasteiger partial charge is 0.240 e. The third kappa shape index (κ3) is 4.75. The first-order valence-corrected chi connectivity index (χ1v) is 8.27. The Morgan fingerprint density at radius 2 is 1.81 bits per heavy atom. The molecule has 0 aliphatic heterocycles. The molecule has 26 heavy (non-hydrogen) atoms. The fourth-order valence-electron chi connectivity index (χ4n) is 2.58. The van der Waals surface area contributed by atoms with Crippen LogP contribution in [0.3, 0.4) is 0 Å². The van der Waals surface area contributed by atoms with E-state index in [1.165, 1.54) is 18.9 Å². The predicted molar refractivity (Wildman–Crippen MR) is 101 cm³/mol. The van der Waals surface area contributed by atoms with Gasteiger partial charge in [0.1, 0.15) is 18.0 Å². The van der Waals surface area contributed by atoms with Gasteiger partial charge in [0.05, 0.1) is 19.9 Å². The van der Waals surface area contributed by atoms with Crippen LogP contribution in [0.1, 0.15) is 18.1 Å². The first-order valence-electron chi connectivity index (χ1n) is 8.27. The second kappa shape index (κ2) is 8.89. The van der Waals surface area contributed by atoms with Gasteiger partial charge in [0.2, 0.25) is 11.8 Å². The Labute approximate surface area is 153 Å². The third-order valence-electron chi connectivity index (χ3n) is 4.10. The van der Waals surface area contributed by atoms with Gasteiger partial charge in [-0.3, -0.25) is 14.5 Å². The minimum atomic E-state index is -0.250. The van der Waals surface area contributed by atoms with Gasteiger partial charge in [-0.05, 0) is 30.2 Å². The molecule has 0 fully saturated rings. The summed E-state index contributed by atoms with van der Waals surface area (Å²) in [6.07, 6.45) is 0. The second-order valence-corrected chi connectivity index (χ2v) is 5.85. The highest BCUT2D eigenvalue weighted by atomic mass is 16.5. The Morgan fingerprint density at radius 1 is 1.08 bits per heavy atom. The van der Waals surface area contributed by atoms with Crippen LogP contribution in [0.5, 0.6) is 11.5 Å². The molecule has 6 heteroatoms. The number of rotatable bonds is 7. The van der Waals surface area contributed by atoms with E-state index in [1.54, 1.807) is 25.3 Å². The summed E-state index contributed by atoms with van der Waals surface area (Å²) < 4.78 is 10.5. The van der Waals surface area contributed by atoms with Gasteiger partial charge in [0.15, 0.2) is 0 Å². The number of carbonyl (C=O) groups excluding carboxylic acids is 2. The quantitative estimate of drug-likeness (QED) is 0.828. The molecule has 0 saturated heterocycles. The minimum absolute atomic E-state index is 0.0933. The number of benzene rings is 2. The fourth-order valence-corrected chi connectivity index (χ4v) is 2.58. The number of amides is 2. The van der Waals surface area contributed by atoms with Crippen molar-refractivity contribution in [3.8, 4) is 11.5 Å². The molecular formula is C20H24N2O4. The van der Waals surface area contributed by atoms with Crippen molar-refractivity contribution in [2.45, 2.75) is 20.4 Å². The van der Waals surface area contributed by atoms with E-state index in [-0.39, 0.29) is 18.4 Å². The molecule has 0 bridgehead atoms. The number of aryl methyl sites for hydroxylation is 1. The lowest BCUT2D eigenvalue weighted by Gasteiger charge is -2.23. The summed E-state index contributed by atoms with van der Waals surface area (Å²) in [5.74, 6) is 0.574. The first kappa shape index (κ1) is 19.3. The number of nitrogens with zero attached hydrogens (tertiary/aromatic N) is 1. The van der Waals surface area contributed by atoms with Gasteiger partial charge in [-0.25, -0.2) is 0 Å². The van der Waals surface area contributed by atoms with E-state index in [1.807, 2.05) is 31.2 Å². The topological polar surface area (TPSA) is 67.9 Å². The number of hydrogen-bond acceptors (Lipinski definition) is 4. The number of nitrogens with one attached hydrogen (secondary N) is 1. The van der Waals surface area contributed by atoms with Crippen LogP contribution in [0.15, 0.2) is 42.5 Å². The maximum absolute atomic E-state index is 12.4. The molecule has 138 valence electrons. The summed E-state index contributed by atoms with van der Waals surface area (Å²) in [6, 6.07) is 12.9. The van der Waals surface area contributed by atoms with Gasteiger partial charge in [-0.2, -0.15) is 0 Å². The Kier molecular flexibility index (Phi) is 6.60. The molecule has 0 aromatic heterocycles. The molecule has 0 unspecified atom stereocenters. The Morgan fingerprint density at radius 3 is 2.42 bits per heavy atom. The zero-order chi connectivity index (χ0) is 19.1. The van der Waals surface area contributed by atoms with Crippen molar-refractivity contribution in [2.75, 3.05) is 25.7 Å². The van der Waals surface area contributed by atoms with E-state index in [0.29, 0.717) is 23.7 Å². The van der Waals surface area contributed by atoms with E-state index in [0.717, 1.165) is 11.1 Å². The highest BCUT2D eigenvalue weighted by Crippen LogP contribution is 2.32. The van der Waals surface area contributed by atoms with Gasteiger partial charge >= 0.3 is 0 Å². The normalized spacial score (nSPS) is 10.2. The van der Waals surface area contributed by atoms with Gasteiger partial charge in [-0.1, -0.05) is 24.3 Å². The van der Waals surface area contributed by atoms with Crippen molar-refractivity contribution in [2.24, 2.45) is 0 Å². The van der Waals surface area contributed by atoms with Crippen molar-refractivity contribution in [1.82, 2.24) is 5.32 Å². The van der Waals surface area contributed by atoms with Crippen LogP contribution in [0.4, 0.5) is 5.69 Å². The second-order valence-electron chi connectivity index (χ2n) is 5.85. The molecule has 0 radical (unpaired) electrons. The van der Waals surface area contributed by atoms with Crippen LogP contribution in [-0.2, 0) is 16.1 Å². The Balaban J connectivity index is 2.12. The molecule has 2 amide bonds. The maximum Gasteiger partial charge on any atom is 0.240 e. The van der Waals surface area contributed by atoms with Crippen LogP contribution in [-0.4, -0.2) is 32.6 Å². The summed E-state index contributed by atoms with van der Waals surface area (Å²) in [7, 11) is 3.06. The standard InChI is InChI=1S/C20H24N2O4/c1-14-7-5-6-8-16(14)12-21-20(24)13-22(15(2)23)18-10-9-17(25-3)11-19(18)26-4/h5-11H,12-13H2,1-4H3,(H,21,24). The van der Waals surface area contributed by atoms with E-state index in [4.69, 9.17) is 9.47 Å². The zero-order valence-electron chi connectivity index (χ0n) is 15.5. The molecule has 2 aromatic rings. The third-order valence-corrected chi connectivity index (χ3v) is 4.10. The molecule has 0 spiro atoms. The molecule has 2 rings (SSSR count). The van der Waals surface area contributed by atoms with Crippen LogP contribution >= 0.6 is 0 Å². The minimum Gasteiger partial charge on any atom is -0.497 e. The lowest BCUT2D eigenvalue weighted by molar-refractivity contribution is -0.123. The number of hydrogen-bond donors (Lipinski definition) is 1. The van der Waals surface area contributed by atoms with Crippen LogP contribution in [0, 0.1) is 6.92 Å². The van der Waals surface area contributed by atoms with Crippen molar-refractivity contribution in [1.29, 1.82) is 0 Å². The molecule has 0 saturated carbocycles. The SMILES string of the molecule is COc1ccc(N(CC(=O)NCc2ccccc2C)C(C)=O)c(OC)c1. The van der Waals surface area contributed by atoms with Gasteiger partial charge < -0.3 is 14.8 Å². The number of methoxy groups -OCH3 is 2. The summed E-state index contributed by atoms with van der Waals surface area (Å²) in [4.78, 5) is 25.8. The van der Waals surface area contributed by atoms with E-state index < -0.39 is 0 Å². The monoisotopic (exact) mass is 356 g/mol. The van der Waals surface area contributed by atoms with Gasteiger partial charge in [0, 0.05) is 19.5 Å². The predicted octanol–water partition coefficient (Wildman–Crippen LogP) is 2.68. The van der Waals surface area contributed by atoms with Crippen LogP contribution in [0.2, 0.25) is 0 Å². The van der Waals surface area contributed by atoms with Crippen molar-refractivity contribution < 1.29 is 19.1 Å². The Hall–Kier alpha value is -3.02. The van der Waals surface area contributed by atoms with E-state index >= 15 is 0 Å². The zero-order valence-corrected chi connectivity index (χ0v) is 15.5. The van der Waals surface area contributed by atoms with E-state index in [9.17, 15) is 9.59 Å². The van der Waals surface area contributed by atoms with Gasteiger partial charge in [0.25, 0.3) is 0 Å². The summed E-state index contributed by atoms with van der Waals surface area (Å²) in [5, 5.41) is 2.86. The average Bonchev–Trinajstić information content (AvgIpc) is 2.64. The summed E-state index contributed by atoms with van der Waals surface area (Å²) in [5.41, 5.74) is 2.66. The highest BCUT2D eigenvalue weighted by molar-refractivity contribution is 5.98. The Bertz CT molecular complexity index is 789. The molecule has 6 nitrogen and oxygen atoms in total. The fraction of sp³-hybridized carbons (Fsp3) is 0.300. The lowest BCUT2D eigenvalue weighted by atomic mass is 10.1. The maximum atomic E-state index is 12.4. The lowest BCUT2D eigenvalue weighted by Crippen LogP contribution is -2.39. The number of ether oxygens (including phenoxy) is 2. The molecule has 1 N–H and O–H groups in total. The van der Waals surface area contributed by atoms with Crippen LogP contribution in [0.25, 0.3) is 0 Å². The molecular weight excluding hydrogens is 332 g/mol. The summed E-state index contributed by atoms with van der Waals surface area (Å²) >= 11 is 0. The molecule has 0 atom stereocenters. The van der Waals surface area contributed by atoms with Crippen molar-refractivity contribution in [3.05, 3.63) is 53.6 Å².